The molecule has 1 unspecified atom stereocenters. The zero-order valence-corrected chi connectivity index (χ0v) is 40.8. The van der Waals surface area contributed by atoms with Gasteiger partial charge >= 0.3 is 99.8 Å². The first-order chi connectivity index (χ1) is 27.1. The SMILES string of the molecule is CC(c1ccccc1)c1ccnc(-c2[c-]ccc3c2sc2cc(-c4cc(C(C)(C)C)cc(C(C)(C)C)c4)ccc23)c1.[CH3][Ge]([CH3])([CH3])[c]1ccc(-c2[c-]cccc2)nc1.[Ir]. The Balaban J connectivity index is 0.000000280. The number of aromatic nitrogens is 2. The molecule has 3 heterocycles. The van der Waals surface area contributed by atoms with Crippen LogP contribution < -0.4 is 4.40 Å². The van der Waals surface area contributed by atoms with E-state index in [2.05, 4.69) is 186 Å². The number of fused-ring (bicyclic) bond motifs is 3. The van der Waals surface area contributed by atoms with Gasteiger partial charge < -0.3 is 4.98 Å². The minimum atomic E-state index is -1.72. The third kappa shape index (κ3) is 9.80. The molecule has 0 amide bonds. The minimum absolute atomic E-state index is 0. The third-order valence-electron chi connectivity index (χ3n) is 10.9. The van der Waals surface area contributed by atoms with E-state index in [0.29, 0.717) is 5.92 Å². The fourth-order valence-electron chi connectivity index (χ4n) is 7.11. The molecule has 297 valence electrons. The molecule has 2 nitrogen and oxygen atoms in total. The Bertz CT molecular complexity index is 2600. The van der Waals surface area contributed by atoms with Crippen LogP contribution in [-0.4, -0.2) is 23.2 Å². The molecule has 5 aromatic carbocycles. The smallest absolute Gasteiger partial charge is 0 e. The molecule has 0 aliphatic rings. The molecular formula is C53H54GeIrN2S-2. The van der Waals surface area contributed by atoms with Gasteiger partial charge in [0, 0.05) is 36.9 Å². The van der Waals surface area contributed by atoms with Crippen molar-refractivity contribution in [1.29, 1.82) is 0 Å². The Hall–Kier alpha value is -4.19. The number of benzene rings is 5. The van der Waals surface area contributed by atoms with E-state index in [4.69, 9.17) is 4.98 Å². The van der Waals surface area contributed by atoms with Crippen LogP contribution in [0.4, 0.5) is 0 Å². The molecule has 8 rings (SSSR count). The van der Waals surface area contributed by atoms with Crippen molar-refractivity contribution in [3.63, 3.8) is 0 Å². The van der Waals surface area contributed by atoms with Crippen molar-refractivity contribution in [3.05, 3.63) is 174 Å². The van der Waals surface area contributed by atoms with E-state index in [1.807, 2.05) is 48.0 Å². The molecule has 8 aromatic rings. The number of nitrogens with zero attached hydrogens (tertiary/aromatic N) is 2. The van der Waals surface area contributed by atoms with Crippen LogP contribution in [-0.2, 0) is 30.9 Å². The summed E-state index contributed by atoms with van der Waals surface area (Å²) in [6.45, 7) is 16.1. The van der Waals surface area contributed by atoms with Gasteiger partial charge in [-0.1, -0.05) is 121 Å². The van der Waals surface area contributed by atoms with Crippen LogP contribution in [0, 0.1) is 12.1 Å². The van der Waals surface area contributed by atoms with Crippen molar-refractivity contribution in [2.45, 2.75) is 82.5 Å². The van der Waals surface area contributed by atoms with Crippen LogP contribution >= 0.6 is 11.3 Å². The summed E-state index contributed by atoms with van der Waals surface area (Å²) in [6, 6.07) is 52.5. The largest absolute Gasteiger partial charge is 0 e. The molecule has 0 N–H and O–H groups in total. The Morgan fingerprint density at radius 1 is 0.603 bits per heavy atom. The topological polar surface area (TPSA) is 25.8 Å². The van der Waals surface area contributed by atoms with E-state index >= 15 is 0 Å². The number of pyridine rings is 2. The second-order valence-electron chi connectivity index (χ2n) is 18.3. The molecule has 0 aliphatic carbocycles. The number of hydrogen-bond acceptors (Lipinski definition) is 3. The van der Waals surface area contributed by atoms with Gasteiger partial charge in [0.1, 0.15) is 0 Å². The standard InChI is InChI=1S/C39H38NS.C14H16GeN.Ir/c1-25(26-12-9-8-10-13-26)27-18-19-40-35(22-27)34-15-11-14-33-32-17-16-28(23-36(32)41-37(33)34)29-20-30(38(2,3)4)24-31(21-29)39(5,6)7;1-15(2,3)13-9-10-14(16-11-13)12-7-5-4-6-8-12;/h8-14,16-25H,1-7H3;4-7,9-11H,1-3H3;/q2*-1;. The maximum absolute atomic E-state index is 4.81. The van der Waals surface area contributed by atoms with Crippen molar-refractivity contribution in [2.75, 3.05) is 0 Å². The monoisotopic (exact) mass is 1020 g/mol. The first kappa shape index (κ1) is 43.4. The van der Waals surface area contributed by atoms with Crippen LogP contribution in [0.25, 0.3) is 53.8 Å². The Morgan fingerprint density at radius 2 is 1.31 bits per heavy atom. The van der Waals surface area contributed by atoms with E-state index in [-0.39, 0.29) is 30.9 Å². The Kier molecular flexibility index (Phi) is 13.1. The van der Waals surface area contributed by atoms with Crippen molar-refractivity contribution < 1.29 is 20.1 Å². The van der Waals surface area contributed by atoms with Crippen molar-refractivity contribution in [2.24, 2.45) is 0 Å². The average molecular weight is 1020 g/mol. The van der Waals surface area contributed by atoms with Gasteiger partial charge in [-0.15, -0.1) is 23.8 Å². The quantitative estimate of drug-likeness (QED) is 0.123. The zero-order chi connectivity index (χ0) is 40.5. The van der Waals surface area contributed by atoms with Gasteiger partial charge in [-0.3, -0.25) is 0 Å². The predicted octanol–water partition coefficient (Wildman–Crippen LogP) is 14.4. The summed E-state index contributed by atoms with van der Waals surface area (Å²) in [7, 11) is 0. The summed E-state index contributed by atoms with van der Waals surface area (Å²) < 4.78 is 3.99. The number of rotatable bonds is 6. The molecule has 0 fully saturated rings. The summed E-state index contributed by atoms with van der Waals surface area (Å²) in [5, 5.41) is 2.56. The van der Waals surface area contributed by atoms with Crippen LogP contribution in [0.15, 0.2) is 140 Å². The van der Waals surface area contributed by atoms with Crippen LogP contribution in [0.2, 0.25) is 17.3 Å². The van der Waals surface area contributed by atoms with E-state index in [0.717, 1.165) is 22.5 Å². The second-order valence-corrected chi connectivity index (χ2v) is 30.0. The summed E-state index contributed by atoms with van der Waals surface area (Å²) in [5.41, 5.74) is 12.2. The van der Waals surface area contributed by atoms with Crippen molar-refractivity contribution in [3.8, 4) is 33.6 Å². The number of hydrogen-bond donors (Lipinski definition) is 0. The number of thiophene rings is 1. The molecule has 0 spiro atoms. The van der Waals surface area contributed by atoms with Gasteiger partial charge in [0.2, 0.25) is 0 Å². The molecule has 0 saturated heterocycles. The Morgan fingerprint density at radius 3 is 1.93 bits per heavy atom. The van der Waals surface area contributed by atoms with E-state index in [1.165, 1.54) is 57.9 Å². The van der Waals surface area contributed by atoms with Gasteiger partial charge in [-0.25, -0.2) is 0 Å². The normalized spacial score (nSPS) is 12.4. The average Bonchev–Trinajstić information content (AvgIpc) is 3.59. The molecule has 1 radical (unpaired) electrons. The Labute approximate surface area is 366 Å². The van der Waals surface area contributed by atoms with Crippen LogP contribution in [0.3, 0.4) is 0 Å². The third-order valence-corrected chi connectivity index (χ3v) is 16.3. The summed E-state index contributed by atoms with van der Waals surface area (Å²) >= 11 is 0.135. The molecule has 58 heavy (non-hydrogen) atoms. The molecule has 1 atom stereocenters. The first-order valence-corrected chi connectivity index (χ1v) is 28.2. The van der Waals surface area contributed by atoms with Crippen molar-refractivity contribution in [1.82, 2.24) is 9.97 Å². The molecular weight excluding hydrogens is 961 g/mol. The predicted molar refractivity (Wildman–Crippen MR) is 250 cm³/mol. The van der Waals surface area contributed by atoms with Gasteiger partial charge in [0.25, 0.3) is 0 Å². The van der Waals surface area contributed by atoms with Crippen molar-refractivity contribution >= 4 is 49.2 Å². The maximum atomic E-state index is 4.81. The van der Waals surface area contributed by atoms with Crippen LogP contribution in [0.5, 0.6) is 0 Å². The maximum Gasteiger partial charge on any atom is 0 e. The van der Waals surface area contributed by atoms with Gasteiger partial charge in [0.05, 0.1) is 0 Å². The van der Waals surface area contributed by atoms with Gasteiger partial charge in [-0.2, -0.15) is 11.3 Å². The zero-order valence-electron chi connectivity index (χ0n) is 35.5. The molecule has 3 aromatic heterocycles. The van der Waals surface area contributed by atoms with E-state index in [1.54, 1.807) is 0 Å². The van der Waals surface area contributed by atoms with Crippen LogP contribution in [0.1, 0.15) is 76.6 Å². The molecule has 0 bridgehead atoms. The van der Waals surface area contributed by atoms with Gasteiger partial charge in [-0.05, 0) is 72.1 Å². The van der Waals surface area contributed by atoms with E-state index in [9.17, 15) is 0 Å². The van der Waals surface area contributed by atoms with Gasteiger partial charge in [0.15, 0.2) is 0 Å². The fourth-order valence-corrected chi connectivity index (χ4v) is 10.5. The second kappa shape index (κ2) is 17.6. The summed E-state index contributed by atoms with van der Waals surface area (Å²) in [4.78, 5) is 9.34. The minimum Gasteiger partial charge on any atom is 0 e. The molecule has 5 heteroatoms. The molecule has 0 saturated carbocycles. The summed E-state index contributed by atoms with van der Waals surface area (Å²) in [5.74, 6) is 7.44. The fraction of sp³-hybridized carbons (Fsp3) is 0.245. The van der Waals surface area contributed by atoms with E-state index < -0.39 is 13.3 Å². The summed E-state index contributed by atoms with van der Waals surface area (Å²) in [6.07, 6.45) is 3.98. The first-order valence-electron chi connectivity index (χ1n) is 20.0. The molecule has 0 aliphatic heterocycles.